The fourth-order valence-electron chi connectivity index (χ4n) is 7.56. The van der Waals surface area contributed by atoms with E-state index in [1.807, 2.05) is 48.7 Å². The van der Waals surface area contributed by atoms with Crippen molar-refractivity contribution in [2.45, 2.75) is 0 Å². The molecule has 0 saturated carbocycles. The van der Waals surface area contributed by atoms with Crippen molar-refractivity contribution < 1.29 is 8.83 Å². The van der Waals surface area contributed by atoms with E-state index in [2.05, 4.69) is 112 Å². The van der Waals surface area contributed by atoms with Crippen molar-refractivity contribution >= 4 is 71.3 Å². The van der Waals surface area contributed by atoms with Crippen LogP contribution in [0, 0.1) is 0 Å². The standard InChI is InChI=1S/C43H25N3O2/c1-2-10-28(11-3-1)46-36-22-26(35-25-45-21-9-8-16-40(45)44-35)17-19-29(36)30-20-18-27(23-37(30)46)41-42-33(31-12-4-6-14-38(31)47-42)24-34-32-13-5-7-15-39(32)48-43(34)41/h1-25H. The molecule has 0 unspecified atom stereocenters. The molecule has 0 bridgehead atoms. The van der Waals surface area contributed by atoms with Gasteiger partial charge in [-0.1, -0.05) is 84.9 Å². The largest absolute Gasteiger partial charge is 0.455 e. The molecular weight excluding hydrogens is 590 g/mol. The second kappa shape index (κ2) is 9.47. The van der Waals surface area contributed by atoms with Crippen molar-refractivity contribution in [2.24, 2.45) is 0 Å². The lowest BCUT2D eigenvalue weighted by molar-refractivity contribution is 0.658. The fraction of sp³-hybridized carbons (Fsp3) is 0. The van der Waals surface area contributed by atoms with E-state index >= 15 is 0 Å². The molecule has 0 atom stereocenters. The second-order valence-corrected chi connectivity index (χ2v) is 12.4. The van der Waals surface area contributed by atoms with E-state index in [0.717, 1.165) is 88.6 Å². The Morgan fingerprint density at radius 2 is 1.08 bits per heavy atom. The van der Waals surface area contributed by atoms with Crippen molar-refractivity contribution in [1.82, 2.24) is 14.0 Å². The van der Waals surface area contributed by atoms with E-state index < -0.39 is 0 Å². The van der Waals surface area contributed by atoms with Crippen LogP contribution in [0.4, 0.5) is 0 Å². The Hall–Kier alpha value is -6.59. The summed E-state index contributed by atoms with van der Waals surface area (Å²) in [6.45, 7) is 0. The van der Waals surface area contributed by atoms with Gasteiger partial charge in [0.15, 0.2) is 0 Å². The average molecular weight is 616 g/mol. The van der Waals surface area contributed by atoms with Crippen molar-refractivity contribution in [3.8, 4) is 28.1 Å². The van der Waals surface area contributed by atoms with Gasteiger partial charge in [-0.15, -0.1) is 0 Å². The molecule has 0 N–H and O–H groups in total. The maximum atomic E-state index is 6.64. The van der Waals surface area contributed by atoms with Crippen LogP contribution in [0.3, 0.4) is 0 Å². The van der Waals surface area contributed by atoms with Gasteiger partial charge in [0.1, 0.15) is 28.0 Å². The first-order chi connectivity index (χ1) is 23.8. The lowest BCUT2D eigenvalue weighted by atomic mass is 9.97. The summed E-state index contributed by atoms with van der Waals surface area (Å²) < 4.78 is 17.7. The summed E-state index contributed by atoms with van der Waals surface area (Å²) >= 11 is 0. The highest BCUT2D eigenvalue weighted by atomic mass is 16.3. The van der Waals surface area contributed by atoms with Crippen LogP contribution < -0.4 is 0 Å². The predicted octanol–water partition coefficient (Wildman–Crippen LogP) is 11.6. The highest BCUT2D eigenvalue weighted by Gasteiger charge is 2.22. The molecule has 11 aromatic rings. The number of benzene rings is 6. The Morgan fingerprint density at radius 3 is 1.77 bits per heavy atom. The SMILES string of the molecule is c1ccc(-n2c3cc(-c4cn5ccccc5n4)ccc3c3ccc(-c4c5oc6ccccc6c5cc5c4oc4ccccc45)cc32)cc1. The Balaban J connectivity index is 1.23. The van der Waals surface area contributed by atoms with Gasteiger partial charge in [-0.3, -0.25) is 0 Å². The Kier molecular flexibility index (Phi) is 5.05. The molecule has 0 spiro atoms. The number of furan rings is 2. The van der Waals surface area contributed by atoms with Crippen molar-refractivity contribution in [3.05, 3.63) is 152 Å². The van der Waals surface area contributed by atoms with Gasteiger partial charge >= 0.3 is 0 Å². The van der Waals surface area contributed by atoms with Gasteiger partial charge in [-0.25, -0.2) is 4.98 Å². The first-order valence-electron chi connectivity index (χ1n) is 16.1. The number of rotatable bonds is 3. The summed E-state index contributed by atoms with van der Waals surface area (Å²) in [6, 6.07) is 48.8. The maximum absolute atomic E-state index is 6.64. The molecule has 48 heavy (non-hydrogen) atoms. The zero-order chi connectivity index (χ0) is 31.3. The van der Waals surface area contributed by atoms with Gasteiger partial charge in [0.05, 0.1) is 22.3 Å². The Morgan fingerprint density at radius 1 is 0.479 bits per heavy atom. The minimum absolute atomic E-state index is 0.832. The smallest absolute Gasteiger partial charge is 0.147 e. The third kappa shape index (κ3) is 3.53. The minimum Gasteiger partial charge on any atom is -0.455 e. The quantitative estimate of drug-likeness (QED) is 0.199. The molecule has 11 rings (SSSR count). The number of para-hydroxylation sites is 3. The van der Waals surface area contributed by atoms with Crippen molar-refractivity contribution in [1.29, 1.82) is 0 Å². The molecule has 0 fully saturated rings. The molecule has 5 aromatic heterocycles. The van der Waals surface area contributed by atoms with Crippen molar-refractivity contribution in [2.75, 3.05) is 0 Å². The third-order valence-electron chi connectivity index (χ3n) is 9.74. The third-order valence-corrected chi connectivity index (χ3v) is 9.74. The molecule has 0 radical (unpaired) electrons. The molecule has 5 nitrogen and oxygen atoms in total. The van der Waals surface area contributed by atoms with E-state index in [1.165, 1.54) is 10.8 Å². The van der Waals surface area contributed by atoms with Gasteiger partial charge in [-0.2, -0.15) is 0 Å². The first kappa shape index (κ1) is 25.6. The van der Waals surface area contributed by atoms with E-state index in [-0.39, 0.29) is 0 Å². The van der Waals surface area contributed by atoms with Gasteiger partial charge in [0, 0.05) is 56.0 Å². The molecule has 5 heterocycles. The molecule has 0 aliphatic rings. The van der Waals surface area contributed by atoms with Crippen LogP contribution in [0.15, 0.2) is 161 Å². The Bertz CT molecular complexity index is 2940. The number of imidazole rings is 1. The lowest BCUT2D eigenvalue weighted by Gasteiger charge is -2.10. The Labute approximate surface area is 273 Å². The molecule has 6 aromatic carbocycles. The molecule has 5 heteroatoms. The number of fused-ring (bicyclic) bond motifs is 10. The molecule has 0 saturated heterocycles. The summed E-state index contributed by atoms with van der Waals surface area (Å²) in [5, 5.41) is 6.72. The number of aromatic nitrogens is 3. The van der Waals surface area contributed by atoms with Gasteiger partial charge in [0.2, 0.25) is 0 Å². The topological polar surface area (TPSA) is 48.5 Å². The number of pyridine rings is 1. The van der Waals surface area contributed by atoms with Gasteiger partial charge in [0.25, 0.3) is 0 Å². The van der Waals surface area contributed by atoms with Crippen LogP contribution in [-0.2, 0) is 0 Å². The normalized spacial score (nSPS) is 12.2. The second-order valence-electron chi connectivity index (χ2n) is 12.4. The summed E-state index contributed by atoms with van der Waals surface area (Å²) in [5.74, 6) is 0. The average Bonchev–Trinajstić information content (AvgIpc) is 3.90. The maximum Gasteiger partial charge on any atom is 0.147 e. The van der Waals surface area contributed by atoms with Gasteiger partial charge < -0.3 is 17.8 Å². The van der Waals surface area contributed by atoms with Crippen LogP contribution in [-0.4, -0.2) is 14.0 Å². The minimum atomic E-state index is 0.832. The van der Waals surface area contributed by atoms with Crippen LogP contribution in [0.25, 0.3) is 99.4 Å². The van der Waals surface area contributed by atoms with E-state index in [4.69, 9.17) is 13.8 Å². The highest BCUT2D eigenvalue weighted by molar-refractivity contribution is 6.22. The number of hydrogen-bond acceptors (Lipinski definition) is 3. The number of nitrogens with zero attached hydrogens (tertiary/aromatic N) is 3. The highest BCUT2D eigenvalue weighted by Crippen LogP contribution is 2.46. The zero-order valence-corrected chi connectivity index (χ0v) is 25.6. The molecular formula is C43H25N3O2. The van der Waals surface area contributed by atoms with E-state index in [1.54, 1.807) is 0 Å². The summed E-state index contributed by atoms with van der Waals surface area (Å²) in [6.07, 6.45) is 4.13. The monoisotopic (exact) mass is 615 g/mol. The molecule has 224 valence electrons. The molecule has 0 amide bonds. The van der Waals surface area contributed by atoms with E-state index in [0.29, 0.717) is 0 Å². The summed E-state index contributed by atoms with van der Waals surface area (Å²) in [4.78, 5) is 4.93. The molecule has 0 aliphatic heterocycles. The summed E-state index contributed by atoms with van der Waals surface area (Å²) in [5.41, 5.74) is 11.7. The number of hydrogen-bond donors (Lipinski definition) is 0. The van der Waals surface area contributed by atoms with E-state index in [9.17, 15) is 0 Å². The van der Waals surface area contributed by atoms with Crippen LogP contribution in [0.2, 0.25) is 0 Å². The first-order valence-corrected chi connectivity index (χ1v) is 16.1. The predicted molar refractivity (Wildman–Crippen MR) is 195 cm³/mol. The molecule has 0 aliphatic carbocycles. The van der Waals surface area contributed by atoms with Crippen LogP contribution in [0.5, 0.6) is 0 Å². The summed E-state index contributed by atoms with van der Waals surface area (Å²) in [7, 11) is 0. The van der Waals surface area contributed by atoms with Crippen molar-refractivity contribution in [3.63, 3.8) is 0 Å². The fourth-order valence-corrected chi connectivity index (χ4v) is 7.56. The lowest BCUT2D eigenvalue weighted by Crippen LogP contribution is -1.94. The van der Waals surface area contributed by atoms with Gasteiger partial charge in [-0.05, 0) is 60.2 Å². The zero-order valence-electron chi connectivity index (χ0n) is 25.6. The van der Waals surface area contributed by atoms with Crippen LogP contribution >= 0.6 is 0 Å². The van der Waals surface area contributed by atoms with Crippen LogP contribution in [0.1, 0.15) is 0 Å².